The van der Waals surface area contributed by atoms with Gasteiger partial charge < -0.3 is 10.4 Å². The van der Waals surface area contributed by atoms with E-state index in [-0.39, 0.29) is 0 Å². The molecule has 0 radical (unpaired) electrons. The van der Waals surface area contributed by atoms with E-state index in [2.05, 4.69) is 46.4 Å². The molecule has 0 heterocycles. The first-order valence-electron chi connectivity index (χ1n) is 6.25. The van der Waals surface area contributed by atoms with Gasteiger partial charge in [0.2, 0.25) is 0 Å². The Labute approximate surface area is 112 Å². The molecule has 2 nitrogen and oxygen atoms in total. The summed E-state index contributed by atoms with van der Waals surface area (Å²) in [6.45, 7) is 3.52. The second-order valence-electron chi connectivity index (χ2n) is 5.13. The number of aliphatic hydroxyl groups excluding tert-OH is 1. The molecule has 2 rings (SSSR count). The molecule has 0 spiro atoms. The van der Waals surface area contributed by atoms with Crippen molar-refractivity contribution in [2.45, 2.75) is 32.2 Å². The van der Waals surface area contributed by atoms with E-state index in [1.54, 1.807) is 0 Å². The minimum atomic E-state index is 0.312. The topological polar surface area (TPSA) is 32.3 Å². The van der Waals surface area contributed by atoms with Crippen LogP contribution in [0.4, 0.5) is 0 Å². The summed E-state index contributed by atoms with van der Waals surface area (Å²) < 4.78 is 1.13. The lowest BCUT2D eigenvalue weighted by molar-refractivity contribution is 0.243. The van der Waals surface area contributed by atoms with Gasteiger partial charge in [-0.2, -0.15) is 0 Å². The molecular weight excluding hydrogens is 278 g/mol. The van der Waals surface area contributed by atoms with E-state index < -0.39 is 0 Å². The Balaban J connectivity index is 1.87. The van der Waals surface area contributed by atoms with E-state index in [0.29, 0.717) is 18.1 Å². The van der Waals surface area contributed by atoms with Crippen LogP contribution in [0.25, 0.3) is 0 Å². The largest absolute Gasteiger partial charge is 0.396 e. The second-order valence-corrected chi connectivity index (χ2v) is 6.05. The normalized spacial score (nSPS) is 19.0. The molecule has 94 valence electrons. The molecule has 17 heavy (non-hydrogen) atoms. The van der Waals surface area contributed by atoms with Crippen molar-refractivity contribution in [3.63, 3.8) is 0 Å². The van der Waals surface area contributed by atoms with Gasteiger partial charge in [-0.25, -0.2) is 0 Å². The molecule has 0 saturated heterocycles. The summed E-state index contributed by atoms with van der Waals surface area (Å²) in [4.78, 5) is 0. The van der Waals surface area contributed by atoms with Crippen molar-refractivity contribution >= 4 is 15.9 Å². The minimum Gasteiger partial charge on any atom is -0.396 e. The minimum absolute atomic E-state index is 0.312. The van der Waals surface area contributed by atoms with Crippen molar-refractivity contribution in [1.82, 2.24) is 5.32 Å². The Morgan fingerprint density at radius 1 is 1.47 bits per heavy atom. The van der Waals surface area contributed by atoms with Gasteiger partial charge in [0.25, 0.3) is 0 Å². The average Bonchev–Trinajstić information content (AvgIpc) is 3.07. The van der Waals surface area contributed by atoms with Gasteiger partial charge >= 0.3 is 0 Å². The van der Waals surface area contributed by atoms with E-state index in [1.807, 2.05) is 6.07 Å². The third kappa shape index (κ3) is 3.54. The number of aliphatic hydroxyl groups is 1. The zero-order valence-electron chi connectivity index (χ0n) is 10.2. The monoisotopic (exact) mass is 297 g/mol. The quantitative estimate of drug-likeness (QED) is 0.845. The molecule has 3 heteroatoms. The molecule has 0 amide bonds. The molecule has 1 unspecified atom stereocenters. The van der Waals surface area contributed by atoms with Crippen LogP contribution in [0.15, 0.2) is 28.7 Å². The smallest absolute Gasteiger partial charge is 0.0436 e. The van der Waals surface area contributed by atoms with E-state index >= 15 is 0 Å². The Kier molecular flexibility index (Phi) is 4.23. The Bertz CT molecular complexity index is 376. The van der Waals surface area contributed by atoms with Crippen LogP contribution in [-0.2, 0) is 0 Å². The van der Waals surface area contributed by atoms with E-state index in [0.717, 1.165) is 17.4 Å². The van der Waals surface area contributed by atoms with E-state index in [1.165, 1.54) is 18.4 Å². The molecular formula is C14H20BrNO. The summed E-state index contributed by atoms with van der Waals surface area (Å²) in [6.07, 6.45) is 3.45. The number of benzene rings is 1. The predicted molar refractivity (Wildman–Crippen MR) is 73.9 cm³/mol. The summed E-state index contributed by atoms with van der Waals surface area (Å²) in [5.41, 5.74) is 1.69. The van der Waals surface area contributed by atoms with Crippen molar-refractivity contribution < 1.29 is 5.11 Å². The summed E-state index contributed by atoms with van der Waals surface area (Å²) in [6, 6.07) is 8.78. The molecule has 1 aromatic carbocycles. The van der Waals surface area contributed by atoms with Crippen LogP contribution >= 0.6 is 15.9 Å². The highest BCUT2D eigenvalue weighted by Gasteiger charge is 2.41. The third-order valence-corrected chi connectivity index (χ3v) is 4.22. The van der Waals surface area contributed by atoms with Gasteiger partial charge in [0, 0.05) is 23.7 Å². The first kappa shape index (κ1) is 13.1. The molecule has 1 aromatic rings. The third-order valence-electron chi connectivity index (χ3n) is 3.73. The van der Waals surface area contributed by atoms with E-state index in [9.17, 15) is 0 Å². The fourth-order valence-electron chi connectivity index (χ4n) is 2.19. The van der Waals surface area contributed by atoms with Crippen LogP contribution in [0.2, 0.25) is 0 Å². The number of rotatable bonds is 6. The summed E-state index contributed by atoms with van der Waals surface area (Å²) in [5.74, 6) is 0. The van der Waals surface area contributed by atoms with Gasteiger partial charge in [0.1, 0.15) is 0 Å². The van der Waals surface area contributed by atoms with Gasteiger partial charge in [-0.1, -0.05) is 28.1 Å². The fourth-order valence-corrected chi connectivity index (χ4v) is 2.61. The first-order chi connectivity index (χ1) is 8.15. The van der Waals surface area contributed by atoms with Crippen LogP contribution in [0.3, 0.4) is 0 Å². The first-order valence-corrected chi connectivity index (χ1v) is 7.04. The Morgan fingerprint density at radius 2 is 2.24 bits per heavy atom. The summed E-state index contributed by atoms with van der Waals surface area (Å²) in [7, 11) is 0. The van der Waals surface area contributed by atoms with Crippen molar-refractivity contribution in [3.05, 3.63) is 34.3 Å². The molecule has 2 N–H and O–H groups in total. The van der Waals surface area contributed by atoms with Crippen molar-refractivity contribution in [2.75, 3.05) is 13.2 Å². The standard InChI is InChI=1S/C14H20BrNO/c1-11(12-3-2-4-13(15)9-12)16-10-14(5-6-14)7-8-17/h2-4,9,11,16-17H,5-8,10H2,1H3. The number of nitrogens with one attached hydrogen (secondary N) is 1. The fraction of sp³-hybridized carbons (Fsp3) is 0.571. The molecule has 0 aliphatic heterocycles. The van der Waals surface area contributed by atoms with Crippen LogP contribution in [0.5, 0.6) is 0 Å². The molecule has 1 saturated carbocycles. The van der Waals surface area contributed by atoms with Gasteiger partial charge in [0.15, 0.2) is 0 Å². The lowest BCUT2D eigenvalue weighted by Crippen LogP contribution is -2.27. The van der Waals surface area contributed by atoms with Gasteiger partial charge in [-0.3, -0.25) is 0 Å². The Hall–Kier alpha value is -0.380. The second kappa shape index (κ2) is 5.51. The van der Waals surface area contributed by atoms with Gasteiger partial charge in [-0.05, 0) is 49.3 Å². The number of hydrogen-bond donors (Lipinski definition) is 2. The lowest BCUT2D eigenvalue weighted by atomic mass is 10.0. The molecule has 0 bridgehead atoms. The zero-order chi connectivity index (χ0) is 12.3. The summed E-state index contributed by atoms with van der Waals surface area (Å²) >= 11 is 3.50. The molecule has 1 atom stereocenters. The SMILES string of the molecule is CC(NCC1(CCO)CC1)c1cccc(Br)c1. The number of halogens is 1. The van der Waals surface area contributed by atoms with Crippen molar-refractivity contribution in [3.8, 4) is 0 Å². The lowest BCUT2D eigenvalue weighted by Gasteiger charge is -2.20. The molecule has 0 aromatic heterocycles. The maximum absolute atomic E-state index is 9.03. The van der Waals surface area contributed by atoms with Crippen LogP contribution < -0.4 is 5.32 Å². The van der Waals surface area contributed by atoms with Crippen LogP contribution in [-0.4, -0.2) is 18.3 Å². The summed E-state index contributed by atoms with van der Waals surface area (Å²) in [5, 5.41) is 12.6. The maximum Gasteiger partial charge on any atom is 0.0436 e. The highest BCUT2D eigenvalue weighted by molar-refractivity contribution is 9.10. The highest BCUT2D eigenvalue weighted by atomic mass is 79.9. The van der Waals surface area contributed by atoms with Crippen molar-refractivity contribution in [2.24, 2.45) is 5.41 Å². The van der Waals surface area contributed by atoms with Crippen LogP contribution in [0.1, 0.15) is 37.8 Å². The Morgan fingerprint density at radius 3 is 2.82 bits per heavy atom. The molecule has 1 fully saturated rings. The zero-order valence-corrected chi connectivity index (χ0v) is 11.8. The van der Waals surface area contributed by atoms with Crippen LogP contribution in [0, 0.1) is 5.41 Å². The number of hydrogen-bond acceptors (Lipinski definition) is 2. The van der Waals surface area contributed by atoms with E-state index in [4.69, 9.17) is 5.11 Å². The highest BCUT2D eigenvalue weighted by Crippen LogP contribution is 2.48. The molecule has 1 aliphatic carbocycles. The average molecular weight is 298 g/mol. The maximum atomic E-state index is 9.03. The van der Waals surface area contributed by atoms with Gasteiger partial charge in [-0.15, -0.1) is 0 Å². The van der Waals surface area contributed by atoms with Gasteiger partial charge in [0.05, 0.1) is 0 Å². The molecule has 1 aliphatic rings. The predicted octanol–water partition coefficient (Wildman–Crippen LogP) is 3.26. The van der Waals surface area contributed by atoms with Crippen molar-refractivity contribution in [1.29, 1.82) is 0 Å².